The maximum Gasteiger partial charge on any atom is 0.159 e. The molecule has 24 heavy (non-hydrogen) atoms. The zero-order valence-electron chi connectivity index (χ0n) is 13.8. The zero-order valence-corrected chi connectivity index (χ0v) is 13.8. The first-order valence-electron chi connectivity index (χ1n) is 8.37. The Labute approximate surface area is 141 Å². The first-order chi connectivity index (χ1) is 11.8. The fraction of sp³-hybridized carbons (Fsp3) is 0.316. The van der Waals surface area contributed by atoms with Crippen LogP contribution in [0.5, 0.6) is 0 Å². The van der Waals surface area contributed by atoms with Crippen molar-refractivity contribution in [3.05, 3.63) is 65.6 Å². The topological polar surface area (TPSA) is 55.1 Å². The second kappa shape index (κ2) is 6.53. The van der Waals surface area contributed by atoms with Crippen molar-refractivity contribution in [3.8, 4) is 11.4 Å². The number of fused-ring (bicyclic) bond motifs is 1. The molecule has 122 valence electrons. The second-order valence-corrected chi connectivity index (χ2v) is 6.08. The summed E-state index contributed by atoms with van der Waals surface area (Å²) >= 11 is 0. The van der Waals surface area contributed by atoms with Gasteiger partial charge in [-0.3, -0.25) is 9.88 Å². The van der Waals surface area contributed by atoms with Crippen molar-refractivity contribution in [1.29, 1.82) is 0 Å². The van der Waals surface area contributed by atoms with Crippen molar-refractivity contribution in [1.82, 2.24) is 19.9 Å². The van der Waals surface area contributed by atoms with Crippen molar-refractivity contribution in [2.45, 2.75) is 32.9 Å². The average Bonchev–Trinajstić information content (AvgIpc) is 3.09. The van der Waals surface area contributed by atoms with Gasteiger partial charge in [0.2, 0.25) is 0 Å². The summed E-state index contributed by atoms with van der Waals surface area (Å²) in [5.41, 5.74) is 3.38. The molecule has 0 aliphatic carbocycles. The molecular weight excluding hydrogens is 300 g/mol. The van der Waals surface area contributed by atoms with Gasteiger partial charge in [0, 0.05) is 55.6 Å². The van der Waals surface area contributed by atoms with Crippen molar-refractivity contribution in [2.24, 2.45) is 0 Å². The molecule has 3 aromatic rings. The molecule has 1 aliphatic heterocycles. The maximum atomic E-state index is 5.82. The molecule has 0 spiro atoms. The monoisotopic (exact) mass is 320 g/mol. The molecule has 0 saturated heterocycles. The summed E-state index contributed by atoms with van der Waals surface area (Å²) in [6.07, 6.45) is 7.39. The third-order valence-corrected chi connectivity index (χ3v) is 4.40. The number of aromatic nitrogens is 3. The van der Waals surface area contributed by atoms with E-state index in [1.54, 1.807) is 12.4 Å². The van der Waals surface area contributed by atoms with Crippen LogP contribution in [0.3, 0.4) is 0 Å². The third-order valence-electron chi connectivity index (χ3n) is 4.40. The molecule has 0 saturated carbocycles. The summed E-state index contributed by atoms with van der Waals surface area (Å²) in [5, 5.41) is 0. The molecule has 0 aromatic carbocycles. The van der Waals surface area contributed by atoms with Crippen LogP contribution in [0.1, 0.15) is 29.7 Å². The van der Waals surface area contributed by atoms with Crippen molar-refractivity contribution in [2.75, 3.05) is 6.54 Å². The van der Waals surface area contributed by atoms with Crippen LogP contribution in [-0.2, 0) is 25.9 Å². The third kappa shape index (κ3) is 3.08. The highest BCUT2D eigenvalue weighted by atomic mass is 16.3. The number of furan rings is 1. The molecule has 4 heterocycles. The van der Waals surface area contributed by atoms with Gasteiger partial charge >= 0.3 is 0 Å². The van der Waals surface area contributed by atoms with Gasteiger partial charge in [-0.05, 0) is 24.3 Å². The minimum atomic E-state index is 0.781. The van der Waals surface area contributed by atoms with Gasteiger partial charge in [0.05, 0.1) is 12.2 Å². The van der Waals surface area contributed by atoms with E-state index in [1.165, 1.54) is 5.56 Å². The Bertz CT molecular complexity index is 828. The summed E-state index contributed by atoms with van der Waals surface area (Å²) in [6, 6.07) is 8.03. The van der Waals surface area contributed by atoms with Gasteiger partial charge in [0.15, 0.2) is 5.82 Å². The lowest BCUT2D eigenvalue weighted by atomic mass is 10.1. The van der Waals surface area contributed by atoms with Crippen LogP contribution >= 0.6 is 0 Å². The first-order valence-corrected chi connectivity index (χ1v) is 8.37. The van der Waals surface area contributed by atoms with Gasteiger partial charge in [-0.1, -0.05) is 6.92 Å². The number of nitrogens with zero attached hydrogens (tertiary/aromatic N) is 4. The molecule has 0 N–H and O–H groups in total. The van der Waals surface area contributed by atoms with Gasteiger partial charge in [0.1, 0.15) is 11.5 Å². The van der Waals surface area contributed by atoms with Crippen molar-refractivity contribution in [3.63, 3.8) is 0 Å². The highest BCUT2D eigenvalue weighted by Crippen LogP contribution is 2.22. The van der Waals surface area contributed by atoms with E-state index < -0.39 is 0 Å². The SMILES string of the molecule is CCc1ccc(CN2CCc3nc(-c4ccncc4)ncc3C2)o1. The maximum absolute atomic E-state index is 5.82. The summed E-state index contributed by atoms with van der Waals surface area (Å²) in [5.74, 6) is 2.86. The van der Waals surface area contributed by atoms with Crippen LogP contribution in [0.25, 0.3) is 11.4 Å². The highest BCUT2D eigenvalue weighted by Gasteiger charge is 2.19. The van der Waals surface area contributed by atoms with Crippen LogP contribution in [-0.4, -0.2) is 26.4 Å². The van der Waals surface area contributed by atoms with Crippen LogP contribution in [0.2, 0.25) is 0 Å². The number of hydrogen-bond acceptors (Lipinski definition) is 5. The molecule has 0 bridgehead atoms. The summed E-state index contributed by atoms with van der Waals surface area (Å²) < 4.78 is 5.82. The van der Waals surface area contributed by atoms with Gasteiger partial charge in [-0.15, -0.1) is 0 Å². The van der Waals surface area contributed by atoms with Crippen LogP contribution in [0, 0.1) is 0 Å². The van der Waals surface area contributed by atoms with E-state index in [0.29, 0.717) is 0 Å². The molecule has 1 aliphatic rings. The van der Waals surface area contributed by atoms with E-state index in [2.05, 4.69) is 33.9 Å². The van der Waals surface area contributed by atoms with Crippen molar-refractivity contribution < 1.29 is 4.42 Å². The smallest absolute Gasteiger partial charge is 0.159 e. The molecule has 0 amide bonds. The molecule has 0 radical (unpaired) electrons. The largest absolute Gasteiger partial charge is 0.465 e. The lowest BCUT2D eigenvalue weighted by molar-refractivity contribution is 0.221. The van der Waals surface area contributed by atoms with Crippen LogP contribution < -0.4 is 0 Å². The lowest BCUT2D eigenvalue weighted by Crippen LogP contribution is -2.30. The quantitative estimate of drug-likeness (QED) is 0.738. The average molecular weight is 320 g/mol. The Morgan fingerprint density at radius 1 is 1.12 bits per heavy atom. The molecule has 0 fully saturated rings. The van der Waals surface area contributed by atoms with E-state index in [0.717, 1.165) is 61.1 Å². The fourth-order valence-corrected chi connectivity index (χ4v) is 3.07. The van der Waals surface area contributed by atoms with Crippen LogP contribution in [0.15, 0.2) is 47.3 Å². The number of pyridine rings is 1. The Balaban J connectivity index is 1.49. The molecule has 4 rings (SSSR count). The zero-order chi connectivity index (χ0) is 16.4. The first kappa shape index (κ1) is 15.0. The summed E-state index contributed by atoms with van der Waals surface area (Å²) in [7, 11) is 0. The minimum absolute atomic E-state index is 0.781. The lowest BCUT2D eigenvalue weighted by Gasteiger charge is -2.27. The Hall–Kier alpha value is -2.53. The number of aryl methyl sites for hydroxylation is 1. The minimum Gasteiger partial charge on any atom is -0.465 e. The normalized spacial score (nSPS) is 14.5. The van der Waals surface area contributed by atoms with Crippen LogP contribution in [0.4, 0.5) is 0 Å². The Morgan fingerprint density at radius 2 is 1.96 bits per heavy atom. The molecule has 5 nitrogen and oxygen atoms in total. The number of hydrogen-bond donors (Lipinski definition) is 0. The second-order valence-electron chi connectivity index (χ2n) is 6.08. The van der Waals surface area contributed by atoms with E-state index in [1.807, 2.05) is 18.3 Å². The van der Waals surface area contributed by atoms with E-state index in [9.17, 15) is 0 Å². The van der Waals surface area contributed by atoms with Crippen molar-refractivity contribution >= 4 is 0 Å². The predicted molar refractivity (Wildman–Crippen MR) is 91.2 cm³/mol. The summed E-state index contributed by atoms with van der Waals surface area (Å²) in [6.45, 7) is 4.80. The molecule has 0 unspecified atom stereocenters. The summed E-state index contributed by atoms with van der Waals surface area (Å²) in [4.78, 5) is 15.7. The number of rotatable bonds is 4. The van der Waals surface area contributed by atoms with Gasteiger partial charge < -0.3 is 4.42 Å². The predicted octanol–water partition coefficient (Wildman–Crippen LogP) is 3.25. The molecule has 3 aromatic heterocycles. The van der Waals surface area contributed by atoms with Gasteiger partial charge in [0.25, 0.3) is 0 Å². The molecule has 5 heteroatoms. The van der Waals surface area contributed by atoms with Gasteiger partial charge in [-0.2, -0.15) is 0 Å². The van der Waals surface area contributed by atoms with E-state index in [4.69, 9.17) is 9.40 Å². The standard InChI is InChI=1S/C19H20N4O/c1-2-16-3-4-17(24-16)13-23-10-7-18-15(12-23)11-21-19(22-18)14-5-8-20-9-6-14/h3-6,8-9,11H,2,7,10,12-13H2,1H3. The Kier molecular flexibility index (Phi) is 4.09. The molecule has 0 atom stereocenters. The van der Waals surface area contributed by atoms with E-state index >= 15 is 0 Å². The molecular formula is C19H20N4O. The van der Waals surface area contributed by atoms with Gasteiger partial charge in [-0.25, -0.2) is 9.97 Å². The highest BCUT2D eigenvalue weighted by molar-refractivity contribution is 5.54. The fourth-order valence-electron chi connectivity index (χ4n) is 3.07. The Morgan fingerprint density at radius 3 is 2.75 bits per heavy atom. The van der Waals surface area contributed by atoms with E-state index in [-0.39, 0.29) is 0 Å².